The molecule has 4 aromatic rings. The van der Waals surface area contributed by atoms with Crippen molar-refractivity contribution in [3.05, 3.63) is 83.3 Å². The number of nitrogens with zero attached hydrogens (tertiary/aromatic N) is 5. The van der Waals surface area contributed by atoms with E-state index in [2.05, 4.69) is 52.0 Å². The highest BCUT2D eigenvalue weighted by molar-refractivity contribution is 7.85. The third-order valence-corrected chi connectivity index (χ3v) is 7.28. The van der Waals surface area contributed by atoms with Gasteiger partial charge in [-0.15, -0.1) is 0 Å². The quantitative estimate of drug-likeness (QED) is 0.201. The van der Waals surface area contributed by atoms with Crippen LogP contribution in [0.2, 0.25) is 0 Å². The predicted molar refractivity (Wildman–Crippen MR) is 177 cm³/mol. The molecule has 45 heavy (non-hydrogen) atoms. The lowest BCUT2D eigenvalue weighted by molar-refractivity contribution is -0.111. The maximum atomic E-state index is 13.2. The van der Waals surface area contributed by atoms with Crippen LogP contribution in [0.3, 0.4) is 0 Å². The number of carbonyl (C=O) groups is 1. The summed E-state index contributed by atoms with van der Waals surface area (Å²) in [7, 11) is 0.120. The van der Waals surface area contributed by atoms with Gasteiger partial charge in [0.05, 0.1) is 24.7 Å². The van der Waals surface area contributed by atoms with E-state index >= 15 is 0 Å². The van der Waals surface area contributed by atoms with Crippen molar-refractivity contribution in [2.45, 2.75) is 19.9 Å². The van der Waals surface area contributed by atoms with E-state index in [9.17, 15) is 18.0 Å². The number of likely N-dealkylation sites (N-methyl/N-ethyl adjacent to an activating group) is 1. The molecule has 2 aromatic carbocycles. The minimum Gasteiger partial charge on any atom is -0.494 e. The summed E-state index contributed by atoms with van der Waals surface area (Å²) in [5, 5.41) is 6.73. The van der Waals surface area contributed by atoms with Gasteiger partial charge in [0, 0.05) is 60.8 Å². The Morgan fingerprint density at radius 3 is 2.56 bits per heavy atom. The van der Waals surface area contributed by atoms with Crippen molar-refractivity contribution in [1.82, 2.24) is 19.4 Å². The normalized spacial score (nSPS) is 15.2. The first-order valence-corrected chi connectivity index (χ1v) is 15.9. The molecule has 3 heterocycles. The third-order valence-electron chi connectivity index (χ3n) is 7.28. The van der Waals surface area contributed by atoms with E-state index in [-0.39, 0.29) is 11.5 Å². The molecule has 1 aliphatic rings. The highest BCUT2D eigenvalue weighted by Crippen LogP contribution is 2.32. The van der Waals surface area contributed by atoms with E-state index in [1.165, 1.54) is 10.6 Å². The summed E-state index contributed by atoms with van der Waals surface area (Å²) >= 11 is 0. The van der Waals surface area contributed by atoms with Crippen LogP contribution < -0.4 is 25.8 Å². The van der Waals surface area contributed by atoms with Crippen LogP contribution in [-0.4, -0.2) is 84.4 Å². The number of nitrogens with one attached hydrogen (secondary N) is 2. The molecule has 1 aliphatic heterocycles. The van der Waals surface area contributed by atoms with E-state index in [0.29, 0.717) is 46.7 Å². The zero-order valence-electron chi connectivity index (χ0n) is 25.8. The number of ether oxygens (including phenoxy) is 1. The molecule has 1 unspecified atom stereocenters. The summed E-state index contributed by atoms with van der Waals surface area (Å²) in [6.45, 7) is 10.5. The minimum atomic E-state index is -3.67. The van der Waals surface area contributed by atoms with Crippen molar-refractivity contribution in [1.29, 1.82) is 0 Å². The Hall–Kier alpha value is -4.79. The molecule has 1 atom stereocenters. The molecule has 0 radical (unpaired) electrons. The van der Waals surface area contributed by atoms with Gasteiger partial charge in [-0.3, -0.25) is 18.7 Å². The summed E-state index contributed by atoms with van der Waals surface area (Å²) in [6.07, 6.45) is 3.61. The molecule has 2 aromatic heterocycles. The van der Waals surface area contributed by atoms with Gasteiger partial charge in [0.25, 0.3) is 15.7 Å². The lowest BCUT2D eigenvalue weighted by Crippen LogP contribution is -2.50. The molecule has 0 saturated carbocycles. The number of rotatable bonds is 7. The molecule has 0 spiro atoms. The highest BCUT2D eigenvalue weighted by atomic mass is 32.2. The summed E-state index contributed by atoms with van der Waals surface area (Å²) in [5.74, 6) is 0.649. The Morgan fingerprint density at radius 2 is 1.89 bits per heavy atom. The van der Waals surface area contributed by atoms with E-state index in [1.54, 1.807) is 43.6 Å². The van der Waals surface area contributed by atoms with Gasteiger partial charge in [-0.25, -0.2) is 4.98 Å². The second kappa shape index (κ2) is 13.9. The number of aryl methyl sites for hydroxylation is 1. The van der Waals surface area contributed by atoms with Gasteiger partial charge in [-0.1, -0.05) is 12.6 Å². The van der Waals surface area contributed by atoms with Crippen molar-refractivity contribution in [2.75, 3.05) is 55.6 Å². The maximum absolute atomic E-state index is 13.2. The van der Waals surface area contributed by atoms with Crippen molar-refractivity contribution in [3.63, 3.8) is 0 Å². The van der Waals surface area contributed by atoms with Gasteiger partial charge in [0.1, 0.15) is 5.75 Å². The van der Waals surface area contributed by atoms with Crippen LogP contribution >= 0.6 is 0 Å². The summed E-state index contributed by atoms with van der Waals surface area (Å²) in [4.78, 5) is 39.0. The molecule has 1 fully saturated rings. The number of piperazine rings is 1. The standard InChI is InChI=1S/C30H33N7O3.CH4O3S/c1-6-27(38)32-21-8-7-9-23(15-21)37-28(39)14-19(2)24-17-31-30(34-29(24)37)33-25-11-10-22(16-26(25)40-5)36-13-12-35(4)20(3)18-36;1-5(2,3)4/h6-11,14-17,20H,1,12-13,18H2,2-5H3,(H,32,38)(H,31,33,34);1H3,(H,2,3,4). The molecule has 13 nitrogen and oxygen atoms in total. The van der Waals surface area contributed by atoms with Crippen LogP contribution in [0.4, 0.5) is 23.0 Å². The number of hydrogen-bond donors (Lipinski definition) is 3. The molecular weight excluding hydrogens is 598 g/mol. The Balaban J connectivity index is 0.000000854. The fourth-order valence-electron chi connectivity index (χ4n) is 4.86. The molecule has 1 saturated heterocycles. The van der Waals surface area contributed by atoms with Crippen LogP contribution in [-0.2, 0) is 14.9 Å². The molecule has 3 N–H and O–H groups in total. The minimum absolute atomic E-state index is 0.245. The van der Waals surface area contributed by atoms with Crippen molar-refractivity contribution in [3.8, 4) is 11.4 Å². The summed E-state index contributed by atoms with van der Waals surface area (Å²) < 4.78 is 33.1. The van der Waals surface area contributed by atoms with Crippen LogP contribution in [0.15, 0.2) is 72.2 Å². The van der Waals surface area contributed by atoms with Crippen LogP contribution in [0.25, 0.3) is 16.7 Å². The number of amides is 1. The topological polar surface area (TPSA) is 159 Å². The number of methoxy groups -OCH3 is 1. The van der Waals surface area contributed by atoms with E-state index in [4.69, 9.17) is 14.3 Å². The molecule has 1 amide bonds. The Kier molecular flexibility index (Phi) is 10.2. The number of fused-ring (bicyclic) bond motifs is 1. The first-order valence-electron chi connectivity index (χ1n) is 14.0. The second-order valence-corrected chi connectivity index (χ2v) is 12.2. The Bertz CT molecular complexity index is 1890. The lowest BCUT2D eigenvalue weighted by atomic mass is 10.1. The molecule has 0 aliphatic carbocycles. The fraction of sp³-hybridized carbons (Fsp3) is 0.290. The molecule has 0 bridgehead atoms. The molecular formula is C31H37N7O6S. The van der Waals surface area contributed by atoms with Crippen LogP contribution in [0.1, 0.15) is 12.5 Å². The number of benzene rings is 2. The highest BCUT2D eigenvalue weighted by Gasteiger charge is 2.22. The van der Waals surface area contributed by atoms with Gasteiger partial charge in [-0.2, -0.15) is 13.4 Å². The van der Waals surface area contributed by atoms with E-state index < -0.39 is 10.1 Å². The smallest absolute Gasteiger partial charge is 0.261 e. The first kappa shape index (κ1) is 33.1. The largest absolute Gasteiger partial charge is 0.494 e. The van der Waals surface area contributed by atoms with Gasteiger partial charge in [0.15, 0.2) is 5.65 Å². The lowest BCUT2D eigenvalue weighted by Gasteiger charge is -2.39. The van der Waals surface area contributed by atoms with E-state index in [1.807, 2.05) is 19.1 Å². The van der Waals surface area contributed by atoms with Crippen molar-refractivity contribution in [2.24, 2.45) is 0 Å². The van der Waals surface area contributed by atoms with E-state index in [0.717, 1.165) is 36.3 Å². The molecule has 238 valence electrons. The zero-order chi connectivity index (χ0) is 32.9. The fourth-order valence-corrected chi connectivity index (χ4v) is 4.86. The van der Waals surface area contributed by atoms with Gasteiger partial charge in [0.2, 0.25) is 11.9 Å². The number of aromatic nitrogens is 3. The average molecular weight is 636 g/mol. The summed E-state index contributed by atoms with van der Waals surface area (Å²) in [6, 6.07) is 15.1. The zero-order valence-corrected chi connectivity index (χ0v) is 26.6. The predicted octanol–water partition coefficient (Wildman–Crippen LogP) is 3.61. The summed E-state index contributed by atoms with van der Waals surface area (Å²) in [5.41, 5.74) is 3.86. The van der Waals surface area contributed by atoms with Gasteiger partial charge < -0.3 is 25.2 Å². The second-order valence-electron chi connectivity index (χ2n) is 10.7. The van der Waals surface area contributed by atoms with Crippen molar-refractivity contribution < 1.29 is 22.5 Å². The average Bonchev–Trinajstić information content (AvgIpc) is 2.98. The number of anilines is 4. The number of hydrogen-bond acceptors (Lipinski definition) is 10. The van der Waals surface area contributed by atoms with Crippen LogP contribution in [0.5, 0.6) is 5.75 Å². The number of pyridine rings is 1. The Morgan fingerprint density at radius 1 is 1.16 bits per heavy atom. The monoisotopic (exact) mass is 635 g/mol. The molecule has 5 rings (SSSR count). The number of carbonyl (C=O) groups excluding carboxylic acids is 1. The van der Waals surface area contributed by atoms with Gasteiger partial charge >= 0.3 is 0 Å². The van der Waals surface area contributed by atoms with Gasteiger partial charge in [-0.05, 0) is 62.9 Å². The maximum Gasteiger partial charge on any atom is 0.261 e. The van der Waals surface area contributed by atoms with Crippen LogP contribution in [0, 0.1) is 6.92 Å². The third kappa shape index (κ3) is 8.44. The SMILES string of the molecule is C=CC(=O)Nc1cccc(-n2c(=O)cc(C)c3cnc(Nc4ccc(N5CCN(C)C(C)C5)cc4OC)nc32)c1.CS(=O)(=O)O. The molecule has 14 heteroatoms. The van der Waals surface area contributed by atoms with Crippen molar-refractivity contribution >= 4 is 50.1 Å². The first-order chi connectivity index (χ1) is 21.3. The Labute approximate surface area is 261 Å².